The number of amides is 4. The van der Waals surface area contributed by atoms with Crippen LogP contribution in [0.1, 0.15) is 43.5 Å². The summed E-state index contributed by atoms with van der Waals surface area (Å²) in [7, 11) is 0. The summed E-state index contributed by atoms with van der Waals surface area (Å²) in [5.41, 5.74) is 1.52. The molecule has 4 amide bonds. The molecule has 1 aliphatic carbocycles. The summed E-state index contributed by atoms with van der Waals surface area (Å²) in [6.07, 6.45) is 5.31. The standard InChI is InChI=1S/C27H29N3O4/c1-17(2)15-23(30-26(33)21-13-6-7-14-22(21)27(30)34)25(32)29-20-12-8-11-19(16-20)28-24(31)18-9-4-3-5-10-18/h3-12,16-17,21-23H,13-15H2,1-2H3,(H,28,31)(H,29,32). The van der Waals surface area contributed by atoms with Crippen LogP contribution in [0.2, 0.25) is 0 Å². The Morgan fingerprint density at radius 3 is 2.06 bits per heavy atom. The van der Waals surface area contributed by atoms with Crippen LogP contribution in [0, 0.1) is 17.8 Å². The molecule has 0 spiro atoms. The average molecular weight is 460 g/mol. The Hall–Kier alpha value is -3.74. The molecule has 7 nitrogen and oxygen atoms in total. The molecule has 2 N–H and O–H groups in total. The molecule has 0 bridgehead atoms. The molecule has 2 aromatic carbocycles. The predicted octanol–water partition coefficient (Wildman–Crippen LogP) is 4.24. The van der Waals surface area contributed by atoms with Crippen molar-refractivity contribution >= 4 is 35.0 Å². The Morgan fingerprint density at radius 2 is 1.47 bits per heavy atom. The van der Waals surface area contributed by atoms with E-state index >= 15 is 0 Å². The lowest BCUT2D eigenvalue weighted by Gasteiger charge is -2.27. The number of allylic oxidation sites excluding steroid dienone is 2. The molecule has 3 unspecified atom stereocenters. The highest BCUT2D eigenvalue weighted by Crippen LogP contribution is 2.37. The van der Waals surface area contributed by atoms with Gasteiger partial charge in [-0.25, -0.2) is 0 Å². The minimum absolute atomic E-state index is 0.105. The van der Waals surface area contributed by atoms with E-state index in [4.69, 9.17) is 0 Å². The Bertz CT molecular complexity index is 1100. The van der Waals surface area contributed by atoms with Gasteiger partial charge in [-0.2, -0.15) is 0 Å². The molecule has 0 saturated carbocycles. The Balaban J connectivity index is 1.50. The molecule has 1 heterocycles. The number of imide groups is 1. The van der Waals surface area contributed by atoms with Gasteiger partial charge < -0.3 is 10.6 Å². The van der Waals surface area contributed by atoms with Gasteiger partial charge in [0, 0.05) is 16.9 Å². The lowest BCUT2D eigenvalue weighted by atomic mass is 9.85. The Labute approximate surface area is 199 Å². The van der Waals surface area contributed by atoms with Crippen molar-refractivity contribution in [1.29, 1.82) is 0 Å². The maximum Gasteiger partial charge on any atom is 0.255 e. The second kappa shape index (κ2) is 10.0. The quantitative estimate of drug-likeness (QED) is 0.478. The van der Waals surface area contributed by atoms with Crippen LogP contribution < -0.4 is 10.6 Å². The Morgan fingerprint density at radius 1 is 0.882 bits per heavy atom. The summed E-state index contributed by atoms with van der Waals surface area (Å²) in [5.74, 6) is -1.84. The monoisotopic (exact) mass is 459 g/mol. The fourth-order valence-electron chi connectivity index (χ4n) is 4.60. The zero-order valence-electron chi connectivity index (χ0n) is 19.4. The number of carbonyl (C=O) groups excluding carboxylic acids is 4. The smallest absolute Gasteiger partial charge is 0.255 e. The molecule has 1 aliphatic heterocycles. The fraction of sp³-hybridized carbons (Fsp3) is 0.333. The number of nitrogens with zero attached hydrogens (tertiary/aromatic N) is 1. The van der Waals surface area contributed by atoms with Crippen LogP contribution in [0.25, 0.3) is 0 Å². The molecule has 4 rings (SSSR count). The summed E-state index contributed by atoms with van der Waals surface area (Å²) >= 11 is 0. The van der Waals surface area contributed by atoms with Gasteiger partial charge in [-0.05, 0) is 55.5 Å². The van der Waals surface area contributed by atoms with Gasteiger partial charge in [-0.1, -0.05) is 50.3 Å². The number of rotatable bonds is 7. The molecule has 0 radical (unpaired) electrons. The van der Waals surface area contributed by atoms with Crippen LogP contribution >= 0.6 is 0 Å². The van der Waals surface area contributed by atoms with Crippen molar-refractivity contribution < 1.29 is 19.2 Å². The van der Waals surface area contributed by atoms with Crippen molar-refractivity contribution in [1.82, 2.24) is 4.90 Å². The molecular weight excluding hydrogens is 430 g/mol. The van der Waals surface area contributed by atoms with Crippen molar-refractivity contribution in [3.8, 4) is 0 Å². The van der Waals surface area contributed by atoms with E-state index in [1.807, 2.05) is 32.1 Å². The zero-order valence-corrected chi connectivity index (χ0v) is 19.4. The van der Waals surface area contributed by atoms with Gasteiger partial charge in [0.25, 0.3) is 5.91 Å². The number of nitrogens with one attached hydrogen (secondary N) is 2. The van der Waals surface area contributed by atoms with E-state index in [1.54, 1.807) is 48.5 Å². The van der Waals surface area contributed by atoms with Crippen LogP contribution in [0.3, 0.4) is 0 Å². The molecule has 0 aromatic heterocycles. The summed E-state index contributed by atoms with van der Waals surface area (Å²) < 4.78 is 0. The van der Waals surface area contributed by atoms with E-state index in [1.165, 1.54) is 4.90 Å². The summed E-state index contributed by atoms with van der Waals surface area (Å²) in [5, 5.41) is 5.67. The number of carbonyl (C=O) groups is 4. The van der Waals surface area contributed by atoms with Crippen LogP contribution in [0.5, 0.6) is 0 Å². The molecule has 1 saturated heterocycles. The number of hydrogen-bond acceptors (Lipinski definition) is 4. The SMILES string of the molecule is CC(C)CC(C(=O)Nc1cccc(NC(=O)c2ccccc2)c1)N1C(=O)C2CC=CCC2C1=O. The first-order valence-corrected chi connectivity index (χ1v) is 11.6. The van der Waals surface area contributed by atoms with Gasteiger partial charge in [0.1, 0.15) is 6.04 Å². The molecule has 3 atom stereocenters. The van der Waals surface area contributed by atoms with E-state index < -0.39 is 11.9 Å². The third kappa shape index (κ3) is 4.93. The van der Waals surface area contributed by atoms with Gasteiger partial charge in [-0.3, -0.25) is 24.1 Å². The first-order chi connectivity index (χ1) is 16.3. The minimum atomic E-state index is -0.881. The number of likely N-dealkylation sites (tertiary alicyclic amines) is 1. The van der Waals surface area contributed by atoms with Crippen molar-refractivity contribution in [3.05, 3.63) is 72.3 Å². The van der Waals surface area contributed by atoms with Crippen molar-refractivity contribution in [2.24, 2.45) is 17.8 Å². The highest BCUT2D eigenvalue weighted by Gasteiger charge is 2.51. The van der Waals surface area contributed by atoms with Crippen LogP contribution in [0.4, 0.5) is 11.4 Å². The summed E-state index contributed by atoms with van der Waals surface area (Å²) in [4.78, 5) is 53.1. The molecule has 2 aromatic rings. The van der Waals surface area contributed by atoms with Crippen LogP contribution in [0.15, 0.2) is 66.7 Å². The van der Waals surface area contributed by atoms with Gasteiger partial charge in [-0.15, -0.1) is 0 Å². The predicted molar refractivity (Wildman–Crippen MR) is 130 cm³/mol. The lowest BCUT2D eigenvalue weighted by molar-refractivity contribution is -0.147. The molecule has 176 valence electrons. The van der Waals surface area contributed by atoms with E-state index in [0.29, 0.717) is 36.2 Å². The van der Waals surface area contributed by atoms with Crippen molar-refractivity contribution in [3.63, 3.8) is 0 Å². The van der Waals surface area contributed by atoms with Crippen LogP contribution in [-0.2, 0) is 14.4 Å². The van der Waals surface area contributed by atoms with Crippen LogP contribution in [-0.4, -0.2) is 34.6 Å². The van der Waals surface area contributed by atoms with Gasteiger partial charge in [0.05, 0.1) is 11.8 Å². The van der Waals surface area contributed by atoms with Crippen molar-refractivity contribution in [2.45, 2.75) is 39.2 Å². The van der Waals surface area contributed by atoms with E-state index in [0.717, 1.165) is 0 Å². The maximum atomic E-state index is 13.3. The maximum absolute atomic E-state index is 13.3. The summed E-state index contributed by atoms with van der Waals surface area (Å²) in [6.45, 7) is 3.92. The second-order valence-electron chi connectivity index (χ2n) is 9.24. The van der Waals surface area contributed by atoms with Crippen molar-refractivity contribution in [2.75, 3.05) is 10.6 Å². The Kier molecular flexibility index (Phi) is 6.91. The van der Waals surface area contributed by atoms with Gasteiger partial charge in [0.2, 0.25) is 17.7 Å². The van der Waals surface area contributed by atoms with Gasteiger partial charge >= 0.3 is 0 Å². The topological polar surface area (TPSA) is 95.6 Å². The zero-order chi connectivity index (χ0) is 24.2. The number of benzene rings is 2. The number of fused-ring (bicyclic) bond motifs is 1. The summed E-state index contributed by atoms with van der Waals surface area (Å²) in [6, 6.07) is 14.8. The molecule has 7 heteroatoms. The second-order valence-corrected chi connectivity index (χ2v) is 9.24. The van der Waals surface area contributed by atoms with E-state index in [2.05, 4.69) is 10.6 Å². The van der Waals surface area contributed by atoms with E-state index in [9.17, 15) is 19.2 Å². The highest BCUT2D eigenvalue weighted by molar-refractivity contribution is 6.10. The normalized spacial score (nSPS) is 20.3. The first-order valence-electron chi connectivity index (χ1n) is 11.6. The lowest BCUT2D eigenvalue weighted by Crippen LogP contribution is -2.48. The fourth-order valence-corrected chi connectivity index (χ4v) is 4.60. The molecule has 1 fully saturated rings. The highest BCUT2D eigenvalue weighted by atomic mass is 16.2. The number of anilines is 2. The minimum Gasteiger partial charge on any atom is -0.324 e. The van der Waals surface area contributed by atoms with E-state index in [-0.39, 0.29) is 35.5 Å². The molecule has 34 heavy (non-hydrogen) atoms. The average Bonchev–Trinajstić information content (AvgIpc) is 3.08. The van der Waals surface area contributed by atoms with Gasteiger partial charge in [0.15, 0.2) is 0 Å². The third-order valence-electron chi connectivity index (χ3n) is 6.27. The number of hydrogen-bond donors (Lipinski definition) is 2. The third-order valence-corrected chi connectivity index (χ3v) is 6.27. The molecule has 2 aliphatic rings. The molecular formula is C27H29N3O4. The first kappa shape index (κ1) is 23.4. The largest absolute Gasteiger partial charge is 0.324 e.